The fourth-order valence-corrected chi connectivity index (χ4v) is 4.09. The lowest BCUT2D eigenvalue weighted by molar-refractivity contribution is 0.601. The summed E-state index contributed by atoms with van der Waals surface area (Å²) >= 11 is 0. The summed E-state index contributed by atoms with van der Waals surface area (Å²) in [5, 5.41) is 6.40. The number of pyridine rings is 1. The molecule has 0 radical (unpaired) electrons. The van der Waals surface area contributed by atoms with Crippen LogP contribution in [0.25, 0.3) is 0 Å². The van der Waals surface area contributed by atoms with Crippen molar-refractivity contribution >= 4 is 38.9 Å². The topological polar surface area (TPSA) is 109 Å². The third-order valence-corrected chi connectivity index (χ3v) is 5.87. The minimum absolute atomic E-state index is 0.210. The molecule has 3 N–H and O–H groups in total. The van der Waals surface area contributed by atoms with E-state index in [0.717, 1.165) is 11.3 Å². The van der Waals surface area contributed by atoms with E-state index in [2.05, 4.69) is 30.3 Å². The highest BCUT2D eigenvalue weighted by Gasteiger charge is 2.13. The summed E-state index contributed by atoms with van der Waals surface area (Å²) in [4.78, 5) is 13.3. The Labute approximate surface area is 186 Å². The molecule has 0 saturated heterocycles. The van der Waals surface area contributed by atoms with Gasteiger partial charge in [0.1, 0.15) is 23.3 Å². The molecule has 4 rings (SSSR count). The molecule has 0 fully saturated rings. The SMILES string of the molecule is Cc1ccnc(Nc2cc(Nc3ccc(NS(=O)(=O)c4ccccc4)cc3)nc(C)n2)c1. The lowest BCUT2D eigenvalue weighted by Gasteiger charge is -2.11. The van der Waals surface area contributed by atoms with E-state index >= 15 is 0 Å². The number of sulfonamides is 1. The van der Waals surface area contributed by atoms with Crippen molar-refractivity contribution in [1.82, 2.24) is 15.0 Å². The Hall–Kier alpha value is -3.98. The molecule has 0 saturated carbocycles. The molecule has 0 aliphatic rings. The number of benzene rings is 2. The summed E-state index contributed by atoms with van der Waals surface area (Å²) in [5.74, 6) is 2.51. The summed E-state index contributed by atoms with van der Waals surface area (Å²) < 4.78 is 27.5. The summed E-state index contributed by atoms with van der Waals surface area (Å²) in [6.07, 6.45) is 1.73. The normalized spacial score (nSPS) is 11.1. The molecule has 0 spiro atoms. The van der Waals surface area contributed by atoms with Crippen molar-refractivity contribution in [2.45, 2.75) is 18.7 Å². The highest BCUT2D eigenvalue weighted by molar-refractivity contribution is 7.92. The molecule has 0 atom stereocenters. The monoisotopic (exact) mass is 446 g/mol. The zero-order valence-corrected chi connectivity index (χ0v) is 18.4. The van der Waals surface area contributed by atoms with Crippen molar-refractivity contribution < 1.29 is 8.42 Å². The van der Waals surface area contributed by atoms with E-state index in [1.807, 2.05) is 26.0 Å². The van der Waals surface area contributed by atoms with Crippen LogP contribution in [0.2, 0.25) is 0 Å². The maximum atomic E-state index is 12.5. The number of aromatic nitrogens is 3. The molecule has 0 aliphatic heterocycles. The second-order valence-electron chi connectivity index (χ2n) is 7.15. The average Bonchev–Trinajstić information content (AvgIpc) is 2.75. The molecule has 4 aromatic rings. The van der Waals surface area contributed by atoms with E-state index in [1.165, 1.54) is 0 Å². The third kappa shape index (κ3) is 5.38. The fourth-order valence-electron chi connectivity index (χ4n) is 3.01. The van der Waals surface area contributed by atoms with Gasteiger partial charge < -0.3 is 10.6 Å². The van der Waals surface area contributed by atoms with E-state index < -0.39 is 10.0 Å². The minimum Gasteiger partial charge on any atom is -0.340 e. The number of aryl methyl sites for hydroxylation is 2. The van der Waals surface area contributed by atoms with Gasteiger partial charge >= 0.3 is 0 Å². The van der Waals surface area contributed by atoms with Crippen LogP contribution in [0, 0.1) is 13.8 Å². The molecule has 9 heteroatoms. The Balaban J connectivity index is 1.47. The van der Waals surface area contributed by atoms with Crippen molar-refractivity contribution in [2.75, 3.05) is 15.4 Å². The summed E-state index contributed by atoms with van der Waals surface area (Å²) in [5.41, 5.74) is 2.31. The zero-order chi connectivity index (χ0) is 22.6. The van der Waals surface area contributed by atoms with Crippen LogP contribution in [0.4, 0.5) is 28.8 Å². The molecule has 0 bridgehead atoms. The lowest BCUT2D eigenvalue weighted by atomic mass is 10.3. The number of nitrogens with one attached hydrogen (secondary N) is 3. The molecule has 2 aromatic carbocycles. The van der Waals surface area contributed by atoms with Crippen LogP contribution < -0.4 is 15.4 Å². The van der Waals surface area contributed by atoms with Gasteiger partial charge in [0.15, 0.2) is 0 Å². The van der Waals surface area contributed by atoms with Gasteiger partial charge in [0, 0.05) is 23.6 Å². The second-order valence-corrected chi connectivity index (χ2v) is 8.83. The molecular formula is C23H22N6O2S. The first-order valence-corrected chi connectivity index (χ1v) is 11.4. The largest absolute Gasteiger partial charge is 0.340 e. The molecule has 8 nitrogen and oxygen atoms in total. The highest BCUT2D eigenvalue weighted by Crippen LogP contribution is 2.22. The predicted molar refractivity (Wildman–Crippen MR) is 126 cm³/mol. The van der Waals surface area contributed by atoms with Gasteiger partial charge in [-0.05, 0) is 67.9 Å². The van der Waals surface area contributed by atoms with Gasteiger partial charge in [-0.3, -0.25) is 4.72 Å². The summed E-state index contributed by atoms with van der Waals surface area (Å²) in [6, 6.07) is 20.8. The van der Waals surface area contributed by atoms with Crippen LogP contribution >= 0.6 is 0 Å². The molecule has 0 unspecified atom stereocenters. The maximum absolute atomic E-state index is 12.5. The third-order valence-electron chi connectivity index (χ3n) is 4.47. The predicted octanol–water partition coefficient (Wildman–Crippen LogP) is 4.78. The zero-order valence-electron chi connectivity index (χ0n) is 17.6. The molecule has 2 heterocycles. The van der Waals surface area contributed by atoms with Gasteiger partial charge in [-0.2, -0.15) is 0 Å². The number of hydrogen-bond acceptors (Lipinski definition) is 7. The Morgan fingerprint density at radius 2 is 1.38 bits per heavy atom. The molecule has 0 aliphatic carbocycles. The van der Waals surface area contributed by atoms with E-state index in [0.29, 0.717) is 29.0 Å². The minimum atomic E-state index is -3.63. The molecule has 32 heavy (non-hydrogen) atoms. The first kappa shape index (κ1) is 21.3. The first-order valence-electron chi connectivity index (χ1n) is 9.88. The van der Waals surface area contributed by atoms with E-state index in [4.69, 9.17) is 0 Å². The molecule has 0 amide bonds. The summed E-state index contributed by atoms with van der Waals surface area (Å²) in [7, 11) is -3.63. The quantitative estimate of drug-likeness (QED) is 0.375. The van der Waals surface area contributed by atoms with Crippen molar-refractivity contribution in [3.05, 3.63) is 90.4 Å². The van der Waals surface area contributed by atoms with Gasteiger partial charge in [0.05, 0.1) is 4.90 Å². The first-order chi connectivity index (χ1) is 15.4. The highest BCUT2D eigenvalue weighted by atomic mass is 32.2. The lowest BCUT2D eigenvalue weighted by Crippen LogP contribution is -2.12. The van der Waals surface area contributed by atoms with Crippen LogP contribution in [0.5, 0.6) is 0 Å². The molecule has 2 aromatic heterocycles. The average molecular weight is 447 g/mol. The Kier molecular flexibility index (Phi) is 6.00. The summed E-state index contributed by atoms with van der Waals surface area (Å²) in [6.45, 7) is 3.80. The number of rotatable bonds is 7. The van der Waals surface area contributed by atoms with E-state index in [1.54, 1.807) is 66.9 Å². The van der Waals surface area contributed by atoms with Crippen LogP contribution in [0.1, 0.15) is 11.4 Å². The van der Waals surface area contributed by atoms with Crippen molar-refractivity contribution in [1.29, 1.82) is 0 Å². The standard InChI is InChI=1S/C23H22N6O2S/c1-16-12-13-24-21(14-16)28-23-15-22(25-17(2)26-23)27-18-8-10-19(11-9-18)29-32(30,31)20-6-4-3-5-7-20/h3-15,29H,1-2H3,(H2,24,25,26,27,28). The fraction of sp³-hybridized carbons (Fsp3) is 0.0870. The van der Waals surface area contributed by atoms with Gasteiger partial charge in [-0.1, -0.05) is 18.2 Å². The van der Waals surface area contributed by atoms with Crippen molar-refractivity contribution in [3.8, 4) is 0 Å². The van der Waals surface area contributed by atoms with Crippen molar-refractivity contribution in [2.24, 2.45) is 0 Å². The Morgan fingerprint density at radius 1 is 0.719 bits per heavy atom. The maximum Gasteiger partial charge on any atom is 0.261 e. The van der Waals surface area contributed by atoms with Crippen LogP contribution in [0.3, 0.4) is 0 Å². The number of hydrogen-bond donors (Lipinski definition) is 3. The van der Waals surface area contributed by atoms with Crippen LogP contribution in [-0.4, -0.2) is 23.4 Å². The smallest absolute Gasteiger partial charge is 0.261 e. The number of anilines is 5. The van der Waals surface area contributed by atoms with Gasteiger partial charge in [0.25, 0.3) is 10.0 Å². The Morgan fingerprint density at radius 3 is 2.06 bits per heavy atom. The van der Waals surface area contributed by atoms with Gasteiger partial charge in [-0.15, -0.1) is 0 Å². The Bertz CT molecular complexity index is 1330. The van der Waals surface area contributed by atoms with E-state index in [-0.39, 0.29) is 4.90 Å². The number of nitrogens with zero attached hydrogens (tertiary/aromatic N) is 3. The van der Waals surface area contributed by atoms with Gasteiger partial charge in [0.2, 0.25) is 0 Å². The second kappa shape index (κ2) is 9.03. The van der Waals surface area contributed by atoms with Crippen molar-refractivity contribution in [3.63, 3.8) is 0 Å². The molecular weight excluding hydrogens is 424 g/mol. The van der Waals surface area contributed by atoms with Gasteiger partial charge in [-0.25, -0.2) is 23.4 Å². The van der Waals surface area contributed by atoms with Crippen LogP contribution in [-0.2, 0) is 10.0 Å². The van der Waals surface area contributed by atoms with E-state index in [9.17, 15) is 8.42 Å². The van der Waals surface area contributed by atoms with Crippen LogP contribution in [0.15, 0.2) is 83.9 Å². The molecule has 162 valence electrons.